The Kier molecular flexibility index (Phi) is 10.8. The summed E-state index contributed by atoms with van der Waals surface area (Å²) in [5.74, 6) is 0.0175. The van der Waals surface area contributed by atoms with E-state index in [1.54, 1.807) is 60.7 Å². The largest absolute Gasteiger partial charge is 0.270 e. The van der Waals surface area contributed by atoms with Crippen LogP contribution in [0.2, 0.25) is 0 Å². The van der Waals surface area contributed by atoms with Gasteiger partial charge < -0.3 is 0 Å². The highest BCUT2D eigenvalue weighted by molar-refractivity contribution is 7.90. The Morgan fingerprint density at radius 3 is 1.19 bits per heavy atom. The molecule has 4 aromatic carbocycles. The van der Waals surface area contributed by atoms with Gasteiger partial charge in [-0.15, -0.1) is 20.4 Å². The SMILES string of the molecule is O=[N+]([O-])c1ccc(CS(=O)(=O)c2nnc(CCCCCc3nnc(S(=O)(=O)Cc4ccc([N+](=O)[O-])cc4)n3-c3ccccc3)n2-c2ccccc2)cc1. The molecule has 18 heteroatoms. The Morgan fingerprint density at radius 2 is 0.849 bits per heavy atom. The first kappa shape index (κ1) is 36.6. The zero-order valence-corrected chi connectivity index (χ0v) is 29.6. The van der Waals surface area contributed by atoms with Gasteiger partial charge in [0.15, 0.2) is 0 Å². The van der Waals surface area contributed by atoms with Crippen molar-refractivity contribution >= 4 is 31.0 Å². The van der Waals surface area contributed by atoms with Crippen LogP contribution in [0.1, 0.15) is 42.0 Å². The normalized spacial score (nSPS) is 11.8. The summed E-state index contributed by atoms with van der Waals surface area (Å²) in [4.78, 5) is 21.0. The van der Waals surface area contributed by atoms with Gasteiger partial charge in [-0.1, -0.05) is 67.1 Å². The van der Waals surface area contributed by atoms with Gasteiger partial charge in [-0.2, -0.15) is 0 Å². The minimum Gasteiger partial charge on any atom is -0.270 e. The van der Waals surface area contributed by atoms with Gasteiger partial charge in [-0.05, 0) is 48.2 Å². The number of non-ortho nitro benzene ring substituents is 2. The molecule has 0 saturated heterocycles. The molecule has 272 valence electrons. The average molecular weight is 757 g/mol. The van der Waals surface area contributed by atoms with Gasteiger partial charge in [-0.25, -0.2) is 16.8 Å². The number of nitro benzene ring substituents is 2. The molecule has 6 rings (SSSR count). The molecular weight excluding hydrogens is 725 g/mol. The van der Waals surface area contributed by atoms with Crippen molar-refractivity contribution in [2.45, 2.75) is 53.9 Å². The number of rotatable bonds is 16. The van der Waals surface area contributed by atoms with Crippen LogP contribution in [-0.2, 0) is 44.0 Å². The summed E-state index contributed by atoms with van der Waals surface area (Å²) in [5, 5.41) is 38.2. The molecule has 0 aliphatic carbocycles. The van der Waals surface area contributed by atoms with Crippen LogP contribution < -0.4 is 0 Å². The van der Waals surface area contributed by atoms with E-state index in [1.165, 1.54) is 57.7 Å². The van der Waals surface area contributed by atoms with E-state index in [2.05, 4.69) is 20.4 Å². The maximum absolute atomic E-state index is 13.6. The zero-order chi connectivity index (χ0) is 37.6. The third kappa shape index (κ3) is 8.50. The van der Waals surface area contributed by atoms with Crippen molar-refractivity contribution in [3.05, 3.63) is 152 Å². The first-order valence-electron chi connectivity index (χ1n) is 16.3. The number of hydrogen-bond donors (Lipinski definition) is 0. The number of para-hydroxylation sites is 2. The van der Waals surface area contributed by atoms with Crippen LogP contribution in [0, 0.1) is 20.2 Å². The maximum Gasteiger partial charge on any atom is 0.269 e. The standard InChI is InChI=1S/C35H32N8O8S2/c44-42(45)30-20-16-26(17-21-30)24-52(48,49)34-38-36-32(40(34)28-10-4-1-5-11-28)14-8-3-9-15-33-37-39-35(41(33)29-12-6-2-7-13-29)53(50,51)25-27-18-22-31(23-19-27)43(46)47/h1-2,4-7,10-13,16-23H,3,8-9,14-15,24-25H2. The molecule has 0 radical (unpaired) electrons. The van der Waals surface area contributed by atoms with Crippen molar-refractivity contribution in [3.63, 3.8) is 0 Å². The molecule has 0 saturated carbocycles. The summed E-state index contributed by atoms with van der Waals surface area (Å²) in [7, 11) is -8.03. The number of unbranched alkanes of at least 4 members (excludes halogenated alkanes) is 2. The van der Waals surface area contributed by atoms with E-state index >= 15 is 0 Å². The molecule has 0 aliphatic heterocycles. The van der Waals surface area contributed by atoms with Crippen LogP contribution in [0.4, 0.5) is 11.4 Å². The van der Waals surface area contributed by atoms with E-state index in [0.29, 0.717) is 66.3 Å². The molecule has 53 heavy (non-hydrogen) atoms. The van der Waals surface area contributed by atoms with Crippen molar-refractivity contribution in [1.29, 1.82) is 0 Å². The van der Waals surface area contributed by atoms with Crippen molar-refractivity contribution < 1.29 is 26.7 Å². The van der Waals surface area contributed by atoms with Crippen LogP contribution in [-0.4, -0.2) is 56.2 Å². The smallest absolute Gasteiger partial charge is 0.269 e. The Bertz CT molecular complexity index is 2280. The van der Waals surface area contributed by atoms with Crippen LogP contribution in [0.15, 0.2) is 120 Å². The van der Waals surface area contributed by atoms with Crippen LogP contribution in [0.5, 0.6) is 0 Å². The molecule has 0 unspecified atom stereocenters. The summed E-state index contributed by atoms with van der Waals surface area (Å²) >= 11 is 0. The lowest BCUT2D eigenvalue weighted by Gasteiger charge is -2.12. The van der Waals surface area contributed by atoms with Crippen LogP contribution in [0.3, 0.4) is 0 Å². The van der Waals surface area contributed by atoms with Crippen molar-refractivity contribution in [1.82, 2.24) is 29.5 Å². The van der Waals surface area contributed by atoms with Crippen molar-refractivity contribution in [3.8, 4) is 11.4 Å². The third-order valence-corrected chi connectivity index (χ3v) is 11.4. The molecule has 0 atom stereocenters. The number of aryl methyl sites for hydroxylation is 2. The van der Waals surface area contributed by atoms with E-state index < -0.39 is 41.0 Å². The first-order valence-corrected chi connectivity index (χ1v) is 19.6. The highest BCUT2D eigenvalue weighted by Gasteiger charge is 2.28. The number of hydrogen-bond acceptors (Lipinski definition) is 12. The molecule has 0 spiro atoms. The summed E-state index contributed by atoms with van der Waals surface area (Å²) in [6.07, 6.45) is 2.61. The van der Waals surface area contributed by atoms with Gasteiger partial charge in [0.2, 0.25) is 19.7 Å². The minimum atomic E-state index is -4.02. The molecule has 16 nitrogen and oxygen atoms in total. The Morgan fingerprint density at radius 1 is 0.491 bits per heavy atom. The second kappa shape index (κ2) is 15.6. The number of benzene rings is 4. The molecule has 2 heterocycles. The summed E-state index contributed by atoms with van der Waals surface area (Å²) in [5.41, 5.74) is 1.56. The highest BCUT2D eigenvalue weighted by atomic mass is 32.2. The minimum absolute atomic E-state index is 0.147. The number of nitrogens with zero attached hydrogens (tertiary/aromatic N) is 8. The van der Waals surface area contributed by atoms with E-state index in [4.69, 9.17) is 0 Å². The van der Waals surface area contributed by atoms with Crippen LogP contribution in [0.25, 0.3) is 11.4 Å². The molecule has 0 amide bonds. The molecule has 2 aromatic heterocycles. The lowest BCUT2D eigenvalue weighted by molar-refractivity contribution is -0.385. The highest BCUT2D eigenvalue weighted by Crippen LogP contribution is 2.25. The van der Waals surface area contributed by atoms with Gasteiger partial charge in [0.1, 0.15) is 11.6 Å². The van der Waals surface area contributed by atoms with E-state index in [-0.39, 0.29) is 21.7 Å². The average Bonchev–Trinajstić information content (AvgIpc) is 3.78. The Balaban J connectivity index is 1.17. The Labute approximate surface area is 303 Å². The lowest BCUT2D eigenvalue weighted by Crippen LogP contribution is -2.14. The molecule has 0 N–H and O–H groups in total. The maximum atomic E-state index is 13.6. The lowest BCUT2D eigenvalue weighted by atomic mass is 10.1. The summed E-state index contributed by atoms with van der Waals surface area (Å²) in [6.45, 7) is 0. The van der Waals surface area contributed by atoms with Gasteiger partial charge >= 0.3 is 0 Å². The van der Waals surface area contributed by atoms with Gasteiger partial charge in [0, 0.05) is 48.5 Å². The van der Waals surface area contributed by atoms with Gasteiger partial charge in [-0.3, -0.25) is 29.4 Å². The van der Waals surface area contributed by atoms with E-state index in [0.717, 1.165) is 0 Å². The third-order valence-electron chi connectivity index (χ3n) is 8.29. The van der Waals surface area contributed by atoms with Crippen molar-refractivity contribution in [2.75, 3.05) is 0 Å². The Hall–Kier alpha value is -6.14. The van der Waals surface area contributed by atoms with E-state index in [1.807, 2.05) is 0 Å². The fraction of sp³-hybridized carbons (Fsp3) is 0.200. The number of sulfone groups is 2. The predicted molar refractivity (Wildman–Crippen MR) is 192 cm³/mol. The molecule has 6 aromatic rings. The molecule has 0 bridgehead atoms. The predicted octanol–water partition coefficient (Wildman–Crippen LogP) is 5.57. The second-order valence-corrected chi connectivity index (χ2v) is 15.8. The zero-order valence-electron chi connectivity index (χ0n) is 28.0. The van der Waals surface area contributed by atoms with Gasteiger partial charge in [0.05, 0.1) is 21.4 Å². The topological polar surface area (TPSA) is 216 Å². The molecule has 0 fully saturated rings. The van der Waals surface area contributed by atoms with Crippen molar-refractivity contribution in [2.24, 2.45) is 0 Å². The summed E-state index contributed by atoms with van der Waals surface area (Å²) < 4.78 is 57.3. The summed E-state index contributed by atoms with van der Waals surface area (Å²) in [6, 6.07) is 28.3. The molecule has 0 aliphatic rings. The second-order valence-electron chi connectivity index (χ2n) is 12.1. The number of aromatic nitrogens is 6. The quantitative estimate of drug-likeness (QED) is 0.0673. The monoisotopic (exact) mass is 756 g/mol. The van der Waals surface area contributed by atoms with E-state index in [9.17, 15) is 37.1 Å². The number of nitro groups is 2. The fourth-order valence-corrected chi connectivity index (χ4v) is 8.57. The molecular formula is C35H32N8O8S2. The van der Waals surface area contributed by atoms with Gasteiger partial charge in [0.25, 0.3) is 21.7 Å². The fourth-order valence-electron chi connectivity index (χ4n) is 5.74. The van der Waals surface area contributed by atoms with Crippen LogP contribution >= 0.6 is 0 Å². The first-order chi connectivity index (χ1) is 25.4.